The molecule has 0 saturated carbocycles. The molecule has 0 bridgehead atoms. The van der Waals surface area contributed by atoms with Crippen LogP contribution in [-0.2, 0) is 21.2 Å². The van der Waals surface area contributed by atoms with Gasteiger partial charge in [0.2, 0.25) is 15.9 Å². The summed E-state index contributed by atoms with van der Waals surface area (Å²) in [7, 11) is -3.68. The monoisotopic (exact) mass is 581 g/mol. The number of fused-ring (bicyclic) bond motifs is 2. The number of rotatable bonds is 6. The van der Waals surface area contributed by atoms with E-state index in [1.807, 2.05) is 54.6 Å². The van der Waals surface area contributed by atoms with Gasteiger partial charge < -0.3 is 10.3 Å². The molecule has 1 aliphatic heterocycles. The lowest BCUT2D eigenvalue weighted by molar-refractivity contribution is -0.118. The first kappa shape index (κ1) is 23.1. The lowest BCUT2D eigenvalue weighted by atomic mass is 10.0. The number of para-hydroxylation sites is 2. The maximum absolute atomic E-state index is 12.2. The third-order valence-corrected chi connectivity index (χ3v) is 9.32. The second-order valence-electron chi connectivity index (χ2n) is 8.68. The fourth-order valence-electron chi connectivity index (χ4n) is 4.41. The van der Waals surface area contributed by atoms with E-state index in [9.17, 15) is 13.2 Å². The van der Waals surface area contributed by atoms with Crippen molar-refractivity contribution < 1.29 is 13.2 Å². The fourth-order valence-corrected chi connectivity index (χ4v) is 7.31. The second kappa shape index (κ2) is 8.99. The number of carbonyl (C=O) groups excluding carboxylic acids is 1. The van der Waals surface area contributed by atoms with Crippen LogP contribution in [0.2, 0.25) is 0 Å². The molecule has 3 heterocycles. The molecular formula is C25H20BrN5O3S2. The number of carbonyl (C=O) groups is 1. The summed E-state index contributed by atoms with van der Waals surface area (Å²) in [5.74, 6) is 0.315. The van der Waals surface area contributed by atoms with Gasteiger partial charge in [0.05, 0.1) is 33.7 Å². The molecule has 0 unspecified atom stereocenters. The second-order valence-corrected chi connectivity index (χ2v) is 12.5. The quantitative estimate of drug-likeness (QED) is 0.253. The minimum atomic E-state index is -3.68. The Hall–Kier alpha value is -3.28. The number of nitrogens with zero attached hydrogens (tertiary/aromatic N) is 2. The van der Waals surface area contributed by atoms with Gasteiger partial charge in [-0.2, -0.15) is 0 Å². The summed E-state index contributed by atoms with van der Waals surface area (Å²) in [6.07, 6.45) is 0.535. The number of sulfonamides is 1. The van der Waals surface area contributed by atoms with E-state index in [1.165, 1.54) is 0 Å². The molecule has 3 aromatic carbocycles. The molecule has 1 aliphatic rings. The summed E-state index contributed by atoms with van der Waals surface area (Å²) < 4.78 is 28.6. The van der Waals surface area contributed by atoms with Gasteiger partial charge in [0.1, 0.15) is 11.1 Å². The highest BCUT2D eigenvalue weighted by Gasteiger charge is 2.37. The van der Waals surface area contributed by atoms with E-state index in [0.29, 0.717) is 12.0 Å². The molecular weight excluding hydrogens is 562 g/mol. The Morgan fingerprint density at radius 1 is 1.06 bits per heavy atom. The van der Waals surface area contributed by atoms with Crippen LogP contribution < -0.4 is 10.0 Å². The molecule has 2 aromatic heterocycles. The van der Waals surface area contributed by atoms with Crippen LogP contribution >= 0.6 is 27.3 Å². The van der Waals surface area contributed by atoms with Crippen molar-refractivity contribution >= 4 is 69.6 Å². The molecule has 0 spiro atoms. The largest absolute Gasteiger partial charge is 0.351 e. The third-order valence-electron chi connectivity index (χ3n) is 6.18. The maximum atomic E-state index is 12.2. The zero-order valence-electron chi connectivity index (χ0n) is 18.7. The van der Waals surface area contributed by atoms with Gasteiger partial charge in [-0.05, 0) is 47.9 Å². The van der Waals surface area contributed by atoms with E-state index in [2.05, 4.69) is 31.0 Å². The van der Waals surface area contributed by atoms with Gasteiger partial charge in [-0.25, -0.2) is 18.4 Å². The molecule has 2 atom stereocenters. The van der Waals surface area contributed by atoms with Crippen LogP contribution in [0.3, 0.4) is 0 Å². The number of aromatic amines is 1. The number of imidazole rings is 1. The van der Waals surface area contributed by atoms with E-state index in [0.717, 1.165) is 42.2 Å². The SMILES string of the molecule is O=C1C[C@@H](c2ccc(C[C@H](Nc3nc4ccc(Br)cc4s3)c3nc4ccccc4[nH]3)cc2)S(=O)(=O)N1. The van der Waals surface area contributed by atoms with Gasteiger partial charge in [0.25, 0.3) is 0 Å². The van der Waals surface area contributed by atoms with Crippen molar-refractivity contribution in [3.63, 3.8) is 0 Å². The number of benzene rings is 3. The van der Waals surface area contributed by atoms with Crippen molar-refractivity contribution in [1.82, 2.24) is 19.7 Å². The van der Waals surface area contributed by atoms with Crippen LogP contribution in [0.25, 0.3) is 21.3 Å². The lowest BCUT2D eigenvalue weighted by Gasteiger charge is -2.17. The number of hydrogen-bond donors (Lipinski definition) is 3. The van der Waals surface area contributed by atoms with Gasteiger partial charge in [0, 0.05) is 4.47 Å². The molecule has 182 valence electrons. The summed E-state index contributed by atoms with van der Waals surface area (Å²) in [5.41, 5.74) is 4.34. The highest BCUT2D eigenvalue weighted by molar-refractivity contribution is 9.10. The van der Waals surface area contributed by atoms with Gasteiger partial charge >= 0.3 is 0 Å². The summed E-state index contributed by atoms with van der Waals surface area (Å²) in [6.45, 7) is 0. The van der Waals surface area contributed by atoms with Crippen LogP contribution in [0.4, 0.5) is 5.13 Å². The Labute approximate surface area is 219 Å². The predicted molar refractivity (Wildman–Crippen MR) is 144 cm³/mol. The average molecular weight is 583 g/mol. The minimum absolute atomic E-state index is 0.0570. The number of aromatic nitrogens is 3. The number of H-pyrrole nitrogens is 1. The Kier molecular flexibility index (Phi) is 5.78. The first-order chi connectivity index (χ1) is 17.3. The number of hydrogen-bond acceptors (Lipinski definition) is 7. The van der Waals surface area contributed by atoms with Crippen molar-refractivity contribution in [2.45, 2.75) is 24.1 Å². The van der Waals surface area contributed by atoms with Crippen molar-refractivity contribution in [2.24, 2.45) is 0 Å². The summed E-state index contributed by atoms with van der Waals surface area (Å²) in [5, 5.41) is 3.48. The Morgan fingerprint density at radius 2 is 1.86 bits per heavy atom. The number of anilines is 1. The molecule has 0 radical (unpaired) electrons. The Balaban J connectivity index is 1.31. The Morgan fingerprint density at radius 3 is 2.61 bits per heavy atom. The van der Waals surface area contributed by atoms with E-state index >= 15 is 0 Å². The van der Waals surface area contributed by atoms with Crippen LogP contribution in [-0.4, -0.2) is 29.3 Å². The number of amides is 1. The van der Waals surface area contributed by atoms with E-state index in [4.69, 9.17) is 9.97 Å². The number of thiazole rings is 1. The molecule has 6 rings (SSSR count). The average Bonchev–Trinajstić information content (AvgIpc) is 3.52. The van der Waals surface area contributed by atoms with Gasteiger partial charge in [-0.1, -0.05) is 63.7 Å². The lowest BCUT2D eigenvalue weighted by Crippen LogP contribution is -2.21. The normalized spacial score (nSPS) is 17.9. The molecule has 8 nitrogen and oxygen atoms in total. The van der Waals surface area contributed by atoms with Crippen LogP contribution in [0, 0.1) is 0 Å². The summed E-state index contributed by atoms with van der Waals surface area (Å²) >= 11 is 5.09. The fraction of sp³-hybridized carbons (Fsp3) is 0.160. The zero-order valence-corrected chi connectivity index (χ0v) is 22.0. The minimum Gasteiger partial charge on any atom is -0.351 e. The third kappa shape index (κ3) is 4.49. The van der Waals surface area contributed by atoms with Gasteiger partial charge in [-0.3, -0.25) is 9.52 Å². The predicted octanol–water partition coefficient (Wildman–Crippen LogP) is 5.22. The van der Waals surface area contributed by atoms with Crippen molar-refractivity contribution in [3.05, 3.63) is 88.2 Å². The highest BCUT2D eigenvalue weighted by atomic mass is 79.9. The van der Waals surface area contributed by atoms with E-state index < -0.39 is 21.2 Å². The first-order valence-corrected chi connectivity index (χ1v) is 14.4. The van der Waals surface area contributed by atoms with Gasteiger partial charge in [-0.15, -0.1) is 0 Å². The molecule has 1 fully saturated rings. The molecule has 0 aliphatic carbocycles. The van der Waals surface area contributed by atoms with Crippen LogP contribution in [0.1, 0.15) is 34.7 Å². The summed E-state index contributed by atoms with van der Waals surface area (Å²) in [6, 6.07) is 21.0. The van der Waals surface area contributed by atoms with Crippen LogP contribution in [0.15, 0.2) is 71.2 Å². The zero-order chi connectivity index (χ0) is 24.9. The Bertz CT molecular complexity index is 1680. The van der Waals surface area contributed by atoms with Crippen LogP contribution in [0.5, 0.6) is 0 Å². The number of nitrogens with one attached hydrogen (secondary N) is 3. The first-order valence-electron chi connectivity index (χ1n) is 11.2. The molecule has 3 N–H and O–H groups in total. The maximum Gasteiger partial charge on any atom is 0.242 e. The summed E-state index contributed by atoms with van der Waals surface area (Å²) in [4.78, 5) is 24.6. The van der Waals surface area contributed by atoms with Crippen molar-refractivity contribution in [3.8, 4) is 0 Å². The topological polar surface area (TPSA) is 117 Å². The van der Waals surface area contributed by atoms with E-state index in [-0.39, 0.29) is 12.5 Å². The molecule has 5 aromatic rings. The van der Waals surface area contributed by atoms with Crippen molar-refractivity contribution in [2.75, 3.05) is 5.32 Å². The van der Waals surface area contributed by atoms with Gasteiger partial charge in [0.15, 0.2) is 5.13 Å². The molecule has 1 amide bonds. The van der Waals surface area contributed by atoms with Crippen molar-refractivity contribution in [1.29, 1.82) is 0 Å². The highest BCUT2D eigenvalue weighted by Crippen LogP contribution is 2.33. The van der Waals surface area contributed by atoms with E-state index in [1.54, 1.807) is 23.5 Å². The standard InChI is InChI=1S/C25H20BrN5O3S2/c26-16-9-10-19-21(12-16)35-25(29-19)30-20(24-27-17-3-1-2-4-18(17)28-24)11-14-5-7-15(8-6-14)22-13-23(32)31-36(22,33)34/h1-10,12,20,22H,11,13H2,(H,27,28)(H,29,30)(H,31,32)/t20-,22-/m0/s1. The smallest absolute Gasteiger partial charge is 0.242 e. The number of halogens is 1. The molecule has 11 heteroatoms. The molecule has 36 heavy (non-hydrogen) atoms. The molecule has 1 saturated heterocycles.